The van der Waals surface area contributed by atoms with E-state index in [1.54, 1.807) is 6.07 Å². The number of rotatable bonds is 3. The van der Waals surface area contributed by atoms with Crippen molar-refractivity contribution in [3.63, 3.8) is 0 Å². The zero-order valence-electron chi connectivity index (χ0n) is 9.43. The maximum absolute atomic E-state index is 10.4. The molecule has 0 aliphatic carbocycles. The van der Waals surface area contributed by atoms with Gasteiger partial charge in [-0.2, -0.15) is 0 Å². The van der Waals surface area contributed by atoms with Crippen molar-refractivity contribution in [1.29, 1.82) is 0 Å². The molecule has 17 heavy (non-hydrogen) atoms. The Hall–Kier alpha value is -1.66. The first kappa shape index (κ1) is 11.8. The Bertz CT molecular complexity index is 374. The van der Waals surface area contributed by atoms with Crippen LogP contribution in [0.2, 0.25) is 0 Å². The van der Waals surface area contributed by atoms with E-state index in [4.69, 9.17) is 9.84 Å². The topological polar surface area (TPSA) is 74.7 Å². The van der Waals surface area contributed by atoms with Crippen LogP contribution in [-0.4, -0.2) is 47.4 Å². The molecule has 2 heterocycles. The minimum absolute atomic E-state index is 0.489. The van der Waals surface area contributed by atoms with Gasteiger partial charge in [-0.15, -0.1) is 0 Å². The van der Waals surface area contributed by atoms with E-state index in [9.17, 15) is 4.79 Å². The molecule has 0 spiro atoms. The number of carboxylic acid groups (broad SMARTS) is 1. The molecule has 0 unspecified atom stereocenters. The Kier molecular flexibility index (Phi) is 3.89. The summed E-state index contributed by atoms with van der Waals surface area (Å²) in [4.78, 5) is 16.9. The molecule has 92 valence electrons. The van der Waals surface area contributed by atoms with E-state index < -0.39 is 6.09 Å². The van der Waals surface area contributed by atoms with Crippen LogP contribution < -0.4 is 5.32 Å². The van der Waals surface area contributed by atoms with Gasteiger partial charge in [-0.1, -0.05) is 0 Å². The van der Waals surface area contributed by atoms with Gasteiger partial charge in [0.1, 0.15) is 0 Å². The van der Waals surface area contributed by atoms with Gasteiger partial charge >= 0.3 is 6.09 Å². The summed E-state index contributed by atoms with van der Waals surface area (Å²) < 4.78 is 5.26. The number of morpholine rings is 1. The Balaban J connectivity index is 1.90. The molecular formula is C11H15N3O3. The SMILES string of the molecule is O=C(O)Nc1ccc(CN2CCOCC2)nc1. The van der Waals surface area contributed by atoms with Gasteiger partial charge in [-0.25, -0.2) is 4.79 Å². The van der Waals surface area contributed by atoms with E-state index in [2.05, 4.69) is 15.2 Å². The number of hydrogen-bond acceptors (Lipinski definition) is 4. The lowest BCUT2D eigenvalue weighted by molar-refractivity contribution is 0.0336. The second-order valence-electron chi connectivity index (χ2n) is 3.86. The summed E-state index contributed by atoms with van der Waals surface area (Å²) in [5.41, 5.74) is 1.42. The normalized spacial score (nSPS) is 16.7. The third-order valence-corrected chi connectivity index (χ3v) is 2.57. The molecule has 6 nitrogen and oxygen atoms in total. The van der Waals surface area contributed by atoms with Gasteiger partial charge in [0, 0.05) is 19.6 Å². The maximum Gasteiger partial charge on any atom is 0.409 e. The highest BCUT2D eigenvalue weighted by atomic mass is 16.5. The van der Waals surface area contributed by atoms with Gasteiger partial charge in [0.15, 0.2) is 0 Å². The van der Waals surface area contributed by atoms with Crippen LogP contribution in [0.4, 0.5) is 10.5 Å². The number of carbonyl (C=O) groups is 1. The molecule has 0 atom stereocenters. The van der Waals surface area contributed by atoms with Crippen LogP contribution in [0.1, 0.15) is 5.69 Å². The summed E-state index contributed by atoms with van der Waals surface area (Å²) in [7, 11) is 0. The first-order valence-corrected chi connectivity index (χ1v) is 5.49. The molecule has 1 aromatic rings. The average Bonchev–Trinajstić information content (AvgIpc) is 2.32. The van der Waals surface area contributed by atoms with Crippen LogP contribution in [0.5, 0.6) is 0 Å². The quantitative estimate of drug-likeness (QED) is 0.820. The number of aromatic nitrogens is 1. The number of nitrogens with one attached hydrogen (secondary N) is 1. The lowest BCUT2D eigenvalue weighted by Gasteiger charge is -2.26. The maximum atomic E-state index is 10.4. The summed E-state index contributed by atoms with van der Waals surface area (Å²) >= 11 is 0. The molecule has 1 aliphatic rings. The second kappa shape index (κ2) is 5.60. The molecule has 6 heteroatoms. The van der Waals surface area contributed by atoms with Gasteiger partial charge < -0.3 is 9.84 Å². The third kappa shape index (κ3) is 3.69. The molecule has 0 radical (unpaired) electrons. The highest BCUT2D eigenvalue weighted by Crippen LogP contribution is 2.09. The molecule has 1 amide bonds. The predicted molar refractivity (Wildman–Crippen MR) is 62.0 cm³/mol. The smallest absolute Gasteiger partial charge is 0.409 e. The Morgan fingerprint density at radius 3 is 2.82 bits per heavy atom. The van der Waals surface area contributed by atoms with Crippen molar-refractivity contribution in [3.05, 3.63) is 24.0 Å². The molecule has 1 aliphatic heterocycles. The fourth-order valence-electron chi connectivity index (χ4n) is 1.70. The summed E-state index contributed by atoms with van der Waals surface area (Å²) in [6, 6.07) is 3.55. The van der Waals surface area contributed by atoms with Crippen LogP contribution in [0, 0.1) is 0 Å². The number of nitrogens with zero attached hydrogens (tertiary/aromatic N) is 2. The van der Waals surface area contributed by atoms with E-state index in [1.165, 1.54) is 6.20 Å². The van der Waals surface area contributed by atoms with Crippen LogP contribution >= 0.6 is 0 Å². The van der Waals surface area contributed by atoms with Gasteiger partial charge in [-0.3, -0.25) is 15.2 Å². The standard InChI is InChI=1S/C11H15N3O3/c15-11(16)13-9-1-2-10(12-7-9)8-14-3-5-17-6-4-14/h1-2,7,13H,3-6,8H2,(H,15,16). The fraction of sp³-hybridized carbons (Fsp3) is 0.455. The van der Waals surface area contributed by atoms with Gasteiger partial charge in [-0.05, 0) is 12.1 Å². The van der Waals surface area contributed by atoms with Gasteiger partial charge in [0.2, 0.25) is 0 Å². The number of pyridine rings is 1. The van der Waals surface area contributed by atoms with Crippen molar-refractivity contribution < 1.29 is 14.6 Å². The summed E-state index contributed by atoms with van der Waals surface area (Å²) in [5.74, 6) is 0. The molecule has 1 saturated heterocycles. The minimum atomic E-state index is -1.08. The summed E-state index contributed by atoms with van der Waals surface area (Å²) in [6.07, 6.45) is 0.455. The molecular weight excluding hydrogens is 222 g/mol. The Morgan fingerprint density at radius 1 is 1.47 bits per heavy atom. The fourth-order valence-corrected chi connectivity index (χ4v) is 1.70. The Labute approximate surface area is 99.2 Å². The number of hydrogen-bond donors (Lipinski definition) is 2. The van der Waals surface area contributed by atoms with Crippen molar-refractivity contribution in [2.45, 2.75) is 6.54 Å². The van der Waals surface area contributed by atoms with E-state index in [0.29, 0.717) is 5.69 Å². The monoisotopic (exact) mass is 237 g/mol. The minimum Gasteiger partial charge on any atom is -0.465 e. The van der Waals surface area contributed by atoms with Crippen LogP contribution in [-0.2, 0) is 11.3 Å². The van der Waals surface area contributed by atoms with Crippen molar-refractivity contribution in [3.8, 4) is 0 Å². The van der Waals surface area contributed by atoms with Crippen LogP contribution in [0.25, 0.3) is 0 Å². The van der Waals surface area contributed by atoms with Gasteiger partial charge in [0.25, 0.3) is 0 Å². The molecule has 2 N–H and O–H groups in total. The molecule has 0 aromatic carbocycles. The zero-order valence-corrected chi connectivity index (χ0v) is 9.43. The van der Waals surface area contributed by atoms with E-state index in [-0.39, 0.29) is 0 Å². The highest BCUT2D eigenvalue weighted by Gasteiger charge is 2.11. The molecule has 1 aromatic heterocycles. The van der Waals surface area contributed by atoms with Crippen molar-refractivity contribution in [1.82, 2.24) is 9.88 Å². The van der Waals surface area contributed by atoms with Gasteiger partial charge in [0.05, 0.1) is 30.8 Å². The Morgan fingerprint density at radius 2 is 2.24 bits per heavy atom. The first-order chi connectivity index (χ1) is 8.24. The van der Waals surface area contributed by atoms with E-state index >= 15 is 0 Å². The molecule has 1 fully saturated rings. The van der Waals surface area contributed by atoms with Crippen molar-refractivity contribution in [2.75, 3.05) is 31.6 Å². The number of ether oxygens (including phenoxy) is 1. The van der Waals surface area contributed by atoms with Crippen LogP contribution in [0.3, 0.4) is 0 Å². The molecule has 2 rings (SSSR count). The zero-order chi connectivity index (χ0) is 12.1. The molecule has 0 saturated carbocycles. The highest BCUT2D eigenvalue weighted by molar-refractivity contribution is 5.82. The lowest BCUT2D eigenvalue weighted by Crippen LogP contribution is -2.35. The predicted octanol–water partition coefficient (Wildman–Crippen LogP) is 1.00. The van der Waals surface area contributed by atoms with E-state index in [0.717, 1.165) is 38.5 Å². The van der Waals surface area contributed by atoms with E-state index in [1.807, 2.05) is 6.07 Å². The summed E-state index contributed by atoms with van der Waals surface area (Å²) in [5, 5.41) is 10.8. The number of amides is 1. The van der Waals surface area contributed by atoms with Crippen molar-refractivity contribution >= 4 is 11.8 Å². The van der Waals surface area contributed by atoms with Crippen molar-refractivity contribution in [2.24, 2.45) is 0 Å². The summed E-state index contributed by atoms with van der Waals surface area (Å²) in [6.45, 7) is 4.13. The first-order valence-electron chi connectivity index (χ1n) is 5.49. The largest absolute Gasteiger partial charge is 0.465 e. The second-order valence-corrected chi connectivity index (χ2v) is 3.86. The van der Waals surface area contributed by atoms with Crippen LogP contribution in [0.15, 0.2) is 18.3 Å². The molecule has 0 bridgehead atoms. The lowest BCUT2D eigenvalue weighted by atomic mass is 10.3. The number of anilines is 1. The average molecular weight is 237 g/mol. The third-order valence-electron chi connectivity index (χ3n) is 2.57.